The number of rotatable bonds is 5. The molecule has 0 bridgehead atoms. The van der Waals surface area contributed by atoms with Crippen LogP contribution < -0.4 is 15.0 Å². The third-order valence-electron chi connectivity index (χ3n) is 6.02. The van der Waals surface area contributed by atoms with E-state index < -0.39 is 17.7 Å². The van der Waals surface area contributed by atoms with E-state index in [1.807, 2.05) is 18.2 Å². The van der Waals surface area contributed by atoms with Crippen molar-refractivity contribution in [2.24, 2.45) is 0 Å². The van der Waals surface area contributed by atoms with Crippen molar-refractivity contribution in [3.8, 4) is 5.75 Å². The van der Waals surface area contributed by atoms with Gasteiger partial charge in [-0.25, -0.2) is 24.5 Å². The lowest BCUT2D eigenvalue weighted by Crippen LogP contribution is -2.43. The van der Waals surface area contributed by atoms with Gasteiger partial charge in [-0.3, -0.25) is 10.1 Å². The Morgan fingerprint density at radius 3 is 2.31 bits per heavy atom. The van der Waals surface area contributed by atoms with Gasteiger partial charge in [0.15, 0.2) is 0 Å². The van der Waals surface area contributed by atoms with Gasteiger partial charge in [0.25, 0.3) is 5.91 Å². The number of para-hydroxylation sites is 1. The summed E-state index contributed by atoms with van der Waals surface area (Å²) in [6.07, 6.45) is 0.731. The van der Waals surface area contributed by atoms with Crippen molar-refractivity contribution in [2.75, 3.05) is 10.2 Å². The van der Waals surface area contributed by atoms with Crippen LogP contribution in [0.4, 0.5) is 21.2 Å². The Labute approximate surface area is 210 Å². The van der Waals surface area contributed by atoms with Crippen LogP contribution in [0, 0.1) is 0 Å². The molecule has 0 spiro atoms. The quantitative estimate of drug-likeness (QED) is 0.500. The number of benzene rings is 2. The van der Waals surface area contributed by atoms with Gasteiger partial charge in [0.1, 0.15) is 11.3 Å². The number of amides is 4. The normalized spacial score (nSPS) is 15.2. The number of anilines is 2. The van der Waals surface area contributed by atoms with E-state index in [0.29, 0.717) is 17.1 Å². The number of aromatic nitrogens is 2. The summed E-state index contributed by atoms with van der Waals surface area (Å²) in [7, 11) is 0. The highest BCUT2D eigenvalue weighted by Crippen LogP contribution is 2.34. The molecule has 0 saturated carbocycles. The van der Waals surface area contributed by atoms with Gasteiger partial charge in [-0.1, -0.05) is 51.1 Å². The van der Waals surface area contributed by atoms with E-state index in [-0.39, 0.29) is 23.8 Å². The highest BCUT2D eigenvalue weighted by Gasteiger charge is 2.51. The van der Waals surface area contributed by atoms with Crippen LogP contribution in [0.5, 0.6) is 5.75 Å². The second-order valence-corrected chi connectivity index (χ2v) is 10.1. The van der Waals surface area contributed by atoms with E-state index in [2.05, 4.69) is 36.1 Å². The molecule has 4 amide bonds. The minimum Gasteiger partial charge on any atom is -0.410 e. The molecule has 0 unspecified atom stereocenters. The van der Waals surface area contributed by atoms with Crippen molar-refractivity contribution in [1.29, 1.82) is 0 Å². The van der Waals surface area contributed by atoms with E-state index in [4.69, 9.17) is 4.74 Å². The number of nitrogens with one attached hydrogen (secondary N) is 1. The first kappa shape index (κ1) is 24.8. The number of nitrogens with zero attached hydrogens (tertiary/aromatic N) is 4. The summed E-state index contributed by atoms with van der Waals surface area (Å²) >= 11 is 0. The average Bonchev–Trinajstić information content (AvgIpc) is 2.98. The van der Waals surface area contributed by atoms with Crippen LogP contribution in [0.1, 0.15) is 45.9 Å². The third kappa shape index (κ3) is 5.05. The van der Waals surface area contributed by atoms with Gasteiger partial charge in [0.2, 0.25) is 5.95 Å². The predicted octanol–water partition coefficient (Wildman–Crippen LogP) is 5.13. The van der Waals surface area contributed by atoms with Crippen LogP contribution in [-0.2, 0) is 16.8 Å². The lowest BCUT2D eigenvalue weighted by molar-refractivity contribution is -0.123. The largest absolute Gasteiger partial charge is 0.419 e. The molecule has 4 rings (SSSR count). The minimum absolute atomic E-state index is 0.0267. The average molecular weight is 488 g/mol. The summed E-state index contributed by atoms with van der Waals surface area (Å²) in [5.41, 5.74) is 0.939. The van der Waals surface area contributed by atoms with Crippen LogP contribution in [0.25, 0.3) is 0 Å². The Morgan fingerprint density at radius 2 is 1.67 bits per heavy atom. The highest BCUT2D eigenvalue weighted by molar-refractivity contribution is 6.22. The molecule has 1 aliphatic heterocycles. The van der Waals surface area contributed by atoms with Gasteiger partial charge in [0.05, 0.1) is 17.9 Å². The molecule has 36 heavy (non-hydrogen) atoms. The van der Waals surface area contributed by atoms with E-state index in [0.717, 1.165) is 5.56 Å². The fraction of sp³-hybridized carbons (Fsp3) is 0.296. The zero-order valence-corrected chi connectivity index (χ0v) is 21.0. The first-order chi connectivity index (χ1) is 17.0. The van der Waals surface area contributed by atoms with E-state index >= 15 is 0 Å². The maximum Gasteiger partial charge on any atom is 0.419 e. The Balaban J connectivity index is 1.50. The first-order valence-electron chi connectivity index (χ1n) is 11.6. The molecule has 3 aromatic rings. The molecule has 0 atom stereocenters. The molecule has 9 heteroatoms. The van der Waals surface area contributed by atoms with Gasteiger partial charge in [0, 0.05) is 6.20 Å². The molecule has 2 heterocycles. The summed E-state index contributed by atoms with van der Waals surface area (Å²) < 4.78 is 5.20. The summed E-state index contributed by atoms with van der Waals surface area (Å²) in [5, 5.41) is 2.48. The fourth-order valence-electron chi connectivity index (χ4n) is 3.86. The van der Waals surface area contributed by atoms with Crippen molar-refractivity contribution in [3.63, 3.8) is 0 Å². The smallest absolute Gasteiger partial charge is 0.410 e. The van der Waals surface area contributed by atoms with E-state index in [1.54, 1.807) is 56.3 Å². The van der Waals surface area contributed by atoms with Crippen molar-refractivity contribution < 1.29 is 19.1 Å². The van der Waals surface area contributed by atoms with Gasteiger partial charge in [-0.2, -0.15) is 0 Å². The number of imide groups is 1. The van der Waals surface area contributed by atoms with E-state index in [1.165, 1.54) is 16.0 Å². The Bertz CT molecular complexity index is 1280. The summed E-state index contributed by atoms with van der Waals surface area (Å²) in [5.74, 6) is 0.0818. The van der Waals surface area contributed by atoms with Crippen LogP contribution in [0.3, 0.4) is 0 Å². The number of carbonyl (C=O) groups excluding carboxylic acids is 3. The number of hydrogen-bond donors (Lipinski definition) is 1. The van der Waals surface area contributed by atoms with Gasteiger partial charge >= 0.3 is 12.1 Å². The molecule has 1 fully saturated rings. The minimum atomic E-state index is -1.09. The standard InChI is InChI=1S/C27H29N5O4/c1-26(2,3)18-11-13-20(14-12-18)32-22(33)27(4,5)31(25(32)35)17-19-15-16-28-23(29-19)30-24(34)36-21-9-7-6-8-10-21/h6-16H,17H2,1-5H3,(H,28,29,30,34). The summed E-state index contributed by atoms with van der Waals surface area (Å²) in [6, 6.07) is 17.2. The number of urea groups is 1. The van der Waals surface area contributed by atoms with Crippen molar-refractivity contribution in [3.05, 3.63) is 78.1 Å². The molecule has 0 radical (unpaired) electrons. The molecule has 9 nitrogen and oxygen atoms in total. The van der Waals surface area contributed by atoms with Gasteiger partial charge in [-0.05, 0) is 55.2 Å². The Kier molecular flexibility index (Phi) is 6.49. The van der Waals surface area contributed by atoms with Crippen LogP contribution in [0.15, 0.2) is 66.9 Å². The summed E-state index contributed by atoms with van der Waals surface area (Å²) in [4.78, 5) is 49.9. The second kappa shape index (κ2) is 9.41. The maximum absolute atomic E-state index is 13.4. The lowest BCUT2D eigenvalue weighted by atomic mass is 9.87. The molecule has 1 saturated heterocycles. The van der Waals surface area contributed by atoms with Crippen LogP contribution in [0.2, 0.25) is 0 Å². The number of hydrogen-bond acceptors (Lipinski definition) is 6. The van der Waals surface area contributed by atoms with Crippen LogP contribution in [-0.4, -0.2) is 38.4 Å². The Morgan fingerprint density at radius 1 is 1.00 bits per heavy atom. The SMILES string of the molecule is CC(C)(C)c1ccc(N2C(=O)N(Cc3ccnc(NC(=O)Oc4ccccc4)n3)C(C)(C)C2=O)cc1. The monoisotopic (exact) mass is 487 g/mol. The zero-order valence-electron chi connectivity index (χ0n) is 21.0. The number of ether oxygens (including phenoxy) is 1. The van der Waals surface area contributed by atoms with Crippen molar-refractivity contribution in [1.82, 2.24) is 14.9 Å². The number of carbonyl (C=O) groups is 3. The molecule has 186 valence electrons. The molecular weight excluding hydrogens is 458 g/mol. The molecule has 0 aliphatic carbocycles. The predicted molar refractivity (Wildman–Crippen MR) is 136 cm³/mol. The van der Waals surface area contributed by atoms with E-state index in [9.17, 15) is 14.4 Å². The first-order valence-corrected chi connectivity index (χ1v) is 11.6. The topological polar surface area (TPSA) is 105 Å². The molecular formula is C27H29N5O4. The van der Waals surface area contributed by atoms with Gasteiger partial charge < -0.3 is 9.64 Å². The van der Waals surface area contributed by atoms with Crippen LogP contribution >= 0.6 is 0 Å². The summed E-state index contributed by atoms with van der Waals surface area (Å²) in [6.45, 7) is 9.77. The molecule has 1 aromatic heterocycles. The lowest BCUT2D eigenvalue weighted by Gasteiger charge is -2.27. The highest BCUT2D eigenvalue weighted by atomic mass is 16.6. The zero-order chi connectivity index (χ0) is 26.1. The Hall–Kier alpha value is -4.27. The third-order valence-corrected chi connectivity index (χ3v) is 6.02. The molecule has 2 aromatic carbocycles. The molecule has 1 N–H and O–H groups in total. The second-order valence-electron chi connectivity index (χ2n) is 10.1. The fourth-order valence-corrected chi connectivity index (χ4v) is 3.86. The van der Waals surface area contributed by atoms with Gasteiger partial charge in [-0.15, -0.1) is 0 Å². The van der Waals surface area contributed by atoms with Crippen molar-refractivity contribution >= 4 is 29.7 Å². The molecule has 1 aliphatic rings. The maximum atomic E-state index is 13.4. The van der Waals surface area contributed by atoms with Crippen molar-refractivity contribution in [2.45, 2.75) is 52.1 Å².